The van der Waals surface area contributed by atoms with E-state index in [-0.39, 0.29) is 23.2 Å². The van der Waals surface area contributed by atoms with Gasteiger partial charge in [0.1, 0.15) is 6.04 Å². The number of amides is 3. The summed E-state index contributed by atoms with van der Waals surface area (Å²) in [7, 11) is 0. The lowest BCUT2D eigenvalue weighted by atomic mass is 10.0. The molecule has 0 saturated carbocycles. The normalized spacial score (nSPS) is 14.0. The minimum atomic E-state index is -1.12. The monoisotopic (exact) mass is 381 g/mol. The molecule has 0 saturated heterocycles. The van der Waals surface area contributed by atoms with E-state index in [4.69, 9.17) is 0 Å². The van der Waals surface area contributed by atoms with E-state index in [0.29, 0.717) is 12.8 Å². The first kappa shape index (κ1) is 19.2. The van der Waals surface area contributed by atoms with E-state index in [1.807, 2.05) is 6.92 Å². The zero-order valence-corrected chi connectivity index (χ0v) is 15.2. The van der Waals surface area contributed by atoms with Crippen LogP contribution >= 0.6 is 0 Å². The molecule has 1 aliphatic rings. The lowest BCUT2D eigenvalue weighted by molar-refractivity contribution is -0.139. The Morgan fingerprint density at radius 2 is 1.79 bits per heavy atom. The van der Waals surface area contributed by atoms with E-state index in [1.165, 1.54) is 18.2 Å². The largest absolute Gasteiger partial charge is 0.480 e. The van der Waals surface area contributed by atoms with Crippen LogP contribution in [0, 0.1) is 0 Å². The number of benzene rings is 1. The molecule has 2 heterocycles. The first-order chi connectivity index (χ1) is 13.4. The standard InChI is InChI=1S/C20H19N3O5/c1-2-3-16(20(27)28)22-17(24)13-4-5-14-15(10-13)19(26)23(18(14)25)11-12-6-8-21-9-7-12/h4-10,16H,2-3,11H2,1H3,(H,22,24)(H,27,28). The van der Waals surface area contributed by atoms with E-state index >= 15 is 0 Å². The van der Waals surface area contributed by atoms with Crippen LogP contribution in [-0.4, -0.2) is 44.7 Å². The quantitative estimate of drug-likeness (QED) is 0.707. The van der Waals surface area contributed by atoms with Crippen molar-refractivity contribution in [1.82, 2.24) is 15.2 Å². The fourth-order valence-corrected chi connectivity index (χ4v) is 3.03. The van der Waals surface area contributed by atoms with Gasteiger partial charge in [-0.2, -0.15) is 0 Å². The molecular formula is C20H19N3O5. The third-order valence-corrected chi connectivity index (χ3v) is 4.50. The molecular weight excluding hydrogens is 362 g/mol. The third-order valence-electron chi connectivity index (χ3n) is 4.50. The van der Waals surface area contributed by atoms with Crippen LogP contribution in [0.3, 0.4) is 0 Å². The van der Waals surface area contributed by atoms with E-state index in [2.05, 4.69) is 10.3 Å². The van der Waals surface area contributed by atoms with Crippen molar-refractivity contribution in [3.8, 4) is 0 Å². The number of hydrogen-bond acceptors (Lipinski definition) is 5. The van der Waals surface area contributed by atoms with Crippen LogP contribution in [0.2, 0.25) is 0 Å². The molecule has 0 aliphatic carbocycles. The summed E-state index contributed by atoms with van der Waals surface area (Å²) in [5, 5.41) is 11.6. The van der Waals surface area contributed by atoms with E-state index in [1.54, 1.807) is 24.5 Å². The predicted octanol–water partition coefficient (Wildman–Crippen LogP) is 1.86. The lowest BCUT2D eigenvalue weighted by Crippen LogP contribution is -2.40. The Morgan fingerprint density at radius 1 is 1.11 bits per heavy atom. The molecule has 1 unspecified atom stereocenters. The van der Waals surface area contributed by atoms with Gasteiger partial charge >= 0.3 is 5.97 Å². The summed E-state index contributed by atoms with van der Waals surface area (Å²) in [6.45, 7) is 1.92. The summed E-state index contributed by atoms with van der Waals surface area (Å²) in [4.78, 5) is 53.9. The Labute approximate surface area is 161 Å². The van der Waals surface area contributed by atoms with Crippen LogP contribution < -0.4 is 5.32 Å². The Morgan fingerprint density at radius 3 is 2.43 bits per heavy atom. The number of carboxylic acid groups (broad SMARTS) is 1. The van der Waals surface area contributed by atoms with Crippen LogP contribution in [0.1, 0.15) is 56.4 Å². The zero-order valence-electron chi connectivity index (χ0n) is 15.2. The molecule has 8 nitrogen and oxygen atoms in total. The summed E-state index contributed by atoms with van der Waals surface area (Å²) in [6.07, 6.45) is 4.04. The van der Waals surface area contributed by atoms with Gasteiger partial charge in [0.05, 0.1) is 17.7 Å². The van der Waals surface area contributed by atoms with E-state index in [9.17, 15) is 24.3 Å². The van der Waals surface area contributed by atoms with Gasteiger partial charge in [0.15, 0.2) is 0 Å². The highest BCUT2D eigenvalue weighted by molar-refractivity contribution is 6.22. The maximum absolute atomic E-state index is 12.7. The molecule has 144 valence electrons. The molecule has 3 amide bonds. The number of aliphatic carboxylic acids is 1. The summed E-state index contributed by atoms with van der Waals surface area (Å²) in [5.41, 5.74) is 1.24. The SMILES string of the molecule is CCCC(NC(=O)c1ccc2c(c1)C(=O)N(Cc1ccncc1)C2=O)C(=O)O. The van der Waals surface area contributed by atoms with Crippen molar-refractivity contribution in [2.75, 3.05) is 0 Å². The molecule has 0 bridgehead atoms. The van der Waals surface area contributed by atoms with Gasteiger partial charge in [-0.25, -0.2) is 4.79 Å². The molecule has 1 atom stereocenters. The maximum Gasteiger partial charge on any atom is 0.326 e. The number of rotatable bonds is 7. The van der Waals surface area contributed by atoms with Gasteiger partial charge in [0, 0.05) is 18.0 Å². The van der Waals surface area contributed by atoms with Crippen molar-refractivity contribution in [3.63, 3.8) is 0 Å². The summed E-state index contributed by atoms with van der Waals surface area (Å²) < 4.78 is 0. The van der Waals surface area contributed by atoms with Gasteiger partial charge in [-0.15, -0.1) is 0 Å². The number of aromatic nitrogens is 1. The number of nitrogens with zero attached hydrogens (tertiary/aromatic N) is 2. The topological polar surface area (TPSA) is 117 Å². The van der Waals surface area contributed by atoms with Crippen molar-refractivity contribution in [2.24, 2.45) is 0 Å². The fourth-order valence-electron chi connectivity index (χ4n) is 3.03. The average Bonchev–Trinajstić information content (AvgIpc) is 2.92. The molecule has 1 aromatic carbocycles. The van der Waals surface area contributed by atoms with Crippen molar-refractivity contribution >= 4 is 23.7 Å². The molecule has 1 aromatic heterocycles. The Bertz CT molecular complexity index is 942. The van der Waals surface area contributed by atoms with Gasteiger partial charge in [-0.05, 0) is 42.3 Å². The molecule has 3 rings (SSSR count). The highest BCUT2D eigenvalue weighted by Crippen LogP contribution is 2.25. The van der Waals surface area contributed by atoms with E-state index < -0.39 is 29.7 Å². The Hall–Kier alpha value is -3.55. The van der Waals surface area contributed by atoms with Crippen molar-refractivity contribution in [3.05, 3.63) is 65.0 Å². The van der Waals surface area contributed by atoms with Crippen LogP contribution in [0.25, 0.3) is 0 Å². The van der Waals surface area contributed by atoms with Crippen molar-refractivity contribution < 1.29 is 24.3 Å². The second-order valence-corrected chi connectivity index (χ2v) is 6.47. The van der Waals surface area contributed by atoms with Crippen LogP contribution in [0.15, 0.2) is 42.7 Å². The molecule has 28 heavy (non-hydrogen) atoms. The molecule has 2 aromatic rings. The van der Waals surface area contributed by atoms with Gasteiger partial charge in [-0.1, -0.05) is 13.3 Å². The Kier molecular flexibility index (Phi) is 5.49. The average molecular weight is 381 g/mol. The van der Waals surface area contributed by atoms with Gasteiger partial charge < -0.3 is 10.4 Å². The zero-order chi connectivity index (χ0) is 20.3. The summed E-state index contributed by atoms with van der Waals surface area (Å²) >= 11 is 0. The summed E-state index contributed by atoms with van der Waals surface area (Å²) in [6, 6.07) is 6.59. The van der Waals surface area contributed by atoms with Crippen LogP contribution in [-0.2, 0) is 11.3 Å². The number of nitrogens with one attached hydrogen (secondary N) is 1. The van der Waals surface area contributed by atoms with Crippen LogP contribution in [0.4, 0.5) is 0 Å². The smallest absolute Gasteiger partial charge is 0.326 e. The minimum absolute atomic E-state index is 0.105. The number of carboxylic acids is 1. The van der Waals surface area contributed by atoms with Gasteiger partial charge in [0.25, 0.3) is 17.7 Å². The maximum atomic E-state index is 12.7. The molecule has 0 spiro atoms. The van der Waals surface area contributed by atoms with Crippen LogP contribution in [0.5, 0.6) is 0 Å². The first-order valence-electron chi connectivity index (χ1n) is 8.85. The second-order valence-electron chi connectivity index (χ2n) is 6.47. The molecule has 0 radical (unpaired) electrons. The third kappa shape index (κ3) is 3.75. The van der Waals surface area contributed by atoms with Gasteiger partial charge in [0.2, 0.25) is 0 Å². The van der Waals surface area contributed by atoms with Gasteiger partial charge in [-0.3, -0.25) is 24.3 Å². The fraction of sp³-hybridized carbons (Fsp3) is 0.250. The number of carbonyl (C=O) groups is 4. The number of pyridine rings is 1. The highest BCUT2D eigenvalue weighted by Gasteiger charge is 2.36. The highest BCUT2D eigenvalue weighted by atomic mass is 16.4. The lowest BCUT2D eigenvalue weighted by Gasteiger charge is -2.14. The van der Waals surface area contributed by atoms with E-state index in [0.717, 1.165) is 10.5 Å². The first-order valence-corrected chi connectivity index (χ1v) is 8.85. The second kappa shape index (κ2) is 7.99. The number of imide groups is 1. The molecule has 1 aliphatic heterocycles. The number of hydrogen-bond donors (Lipinski definition) is 2. The number of fused-ring (bicyclic) bond motifs is 1. The van der Waals surface area contributed by atoms with Crippen molar-refractivity contribution in [1.29, 1.82) is 0 Å². The van der Waals surface area contributed by atoms with Crippen molar-refractivity contribution in [2.45, 2.75) is 32.4 Å². The minimum Gasteiger partial charge on any atom is -0.480 e. The number of carbonyl (C=O) groups excluding carboxylic acids is 3. The Balaban J connectivity index is 1.81. The molecule has 0 fully saturated rings. The molecule has 2 N–H and O–H groups in total. The summed E-state index contributed by atoms with van der Waals surface area (Å²) in [5.74, 6) is -2.64. The predicted molar refractivity (Wildman–Crippen MR) is 98.7 cm³/mol. The molecule has 8 heteroatoms.